The van der Waals surface area contributed by atoms with E-state index in [1.807, 2.05) is 12.2 Å². The van der Waals surface area contributed by atoms with Gasteiger partial charge in [-0.3, -0.25) is 19.2 Å². The Balaban J connectivity index is 3.12. The average Bonchev–Trinajstić information content (AvgIpc) is 2.66. The molecule has 0 spiro atoms. The van der Waals surface area contributed by atoms with Crippen molar-refractivity contribution in [1.29, 1.82) is 0 Å². The number of halogens is 1. The summed E-state index contributed by atoms with van der Waals surface area (Å²) >= 11 is 2.21. The molecule has 0 aromatic carbocycles. The van der Waals surface area contributed by atoms with Gasteiger partial charge in [-0.05, 0) is 21.2 Å². The molecule has 176 valence electrons. The molecule has 1 aliphatic rings. The Hall–Kier alpha value is -0.640. The van der Waals surface area contributed by atoms with Gasteiger partial charge in [0.15, 0.2) is 23.7 Å². The molecule has 13 heteroatoms. The van der Waals surface area contributed by atoms with Crippen molar-refractivity contribution in [2.45, 2.75) is 57.5 Å². The van der Waals surface area contributed by atoms with Crippen molar-refractivity contribution in [2.75, 3.05) is 18.1 Å². The zero-order chi connectivity index (χ0) is 23.4. The lowest BCUT2D eigenvalue weighted by Crippen LogP contribution is -2.61. The van der Waals surface area contributed by atoms with Crippen LogP contribution in [0, 0.1) is 0 Å². The highest BCUT2D eigenvalue weighted by Crippen LogP contribution is 2.39. The van der Waals surface area contributed by atoms with Crippen molar-refractivity contribution >= 4 is 75.6 Å². The topological polar surface area (TPSA) is 114 Å². The van der Waals surface area contributed by atoms with E-state index in [4.69, 9.17) is 23.7 Å². The Labute approximate surface area is 205 Å². The molecule has 0 amide bonds. The van der Waals surface area contributed by atoms with Crippen molar-refractivity contribution in [3.63, 3.8) is 0 Å². The van der Waals surface area contributed by atoms with Gasteiger partial charge in [0.2, 0.25) is 0 Å². The molecule has 0 aromatic heterocycles. The number of carbonyl (C=O) groups excluding carboxylic acids is 4. The zero-order valence-corrected chi connectivity index (χ0v) is 22.0. The van der Waals surface area contributed by atoms with E-state index >= 15 is 0 Å². The number of carbonyl (C=O) groups is 4. The minimum atomic E-state index is -1.14. The van der Waals surface area contributed by atoms with E-state index in [0.717, 1.165) is 5.75 Å². The maximum absolute atomic E-state index is 11.8. The molecule has 1 rings (SSSR count). The first kappa shape index (κ1) is 28.4. The van der Waals surface area contributed by atoms with Crippen LogP contribution < -0.4 is 0 Å². The third-order valence-corrected chi connectivity index (χ3v) is 7.42. The Morgan fingerprint density at radius 3 is 1.94 bits per heavy atom. The number of hydrogen-bond donors (Lipinski definition) is 0. The summed E-state index contributed by atoms with van der Waals surface area (Å²) in [5, 5.41) is 0. The normalized spacial score (nSPS) is 25.6. The van der Waals surface area contributed by atoms with Crippen molar-refractivity contribution in [1.82, 2.24) is 0 Å². The SMILES string of the molecule is CC(=O)OCC1OC(SSC/C=C\CSI)C(OC(C)=O)C(OC(C)=O)C1OC(C)=O. The fraction of sp³-hybridized carbons (Fsp3) is 0.667. The molecule has 1 aliphatic heterocycles. The van der Waals surface area contributed by atoms with Gasteiger partial charge in [-0.1, -0.05) is 42.7 Å². The molecule has 0 bridgehead atoms. The molecule has 9 nitrogen and oxygen atoms in total. The Morgan fingerprint density at radius 2 is 1.39 bits per heavy atom. The lowest BCUT2D eigenvalue weighted by Gasteiger charge is -2.43. The number of hydrogen-bond acceptors (Lipinski definition) is 12. The third-order valence-electron chi connectivity index (χ3n) is 3.60. The van der Waals surface area contributed by atoms with Gasteiger partial charge in [-0.15, -0.1) is 0 Å². The smallest absolute Gasteiger partial charge is 0.303 e. The van der Waals surface area contributed by atoms with Gasteiger partial charge in [0.1, 0.15) is 12.7 Å². The Bertz CT molecular complexity index is 661. The molecule has 1 saturated heterocycles. The van der Waals surface area contributed by atoms with Crippen LogP contribution >= 0.6 is 51.7 Å². The van der Waals surface area contributed by atoms with E-state index in [0.29, 0.717) is 5.75 Å². The van der Waals surface area contributed by atoms with Crippen molar-refractivity contribution in [3.8, 4) is 0 Å². The van der Waals surface area contributed by atoms with Crippen LogP contribution in [0.2, 0.25) is 0 Å². The summed E-state index contributed by atoms with van der Waals surface area (Å²) < 4.78 is 27.2. The summed E-state index contributed by atoms with van der Waals surface area (Å²) in [6.07, 6.45) is -0.207. The number of ether oxygens (including phenoxy) is 5. The number of rotatable bonds is 11. The summed E-state index contributed by atoms with van der Waals surface area (Å²) in [7, 11) is 4.40. The van der Waals surface area contributed by atoms with E-state index in [-0.39, 0.29) is 6.61 Å². The van der Waals surface area contributed by atoms with E-state index in [2.05, 4.69) is 21.2 Å². The van der Waals surface area contributed by atoms with Gasteiger partial charge in [0.25, 0.3) is 0 Å². The monoisotopic (exact) mass is 608 g/mol. The van der Waals surface area contributed by atoms with Crippen molar-refractivity contribution < 1.29 is 42.9 Å². The molecule has 0 saturated carbocycles. The molecule has 5 atom stereocenters. The van der Waals surface area contributed by atoms with Crippen molar-refractivity contribution in [3.05, 3.63) is 12.2 Å². The molecule has 0 N–H and O–H groups in total. The highest BCUT2D eigenvalue weighted by Gasteiger charge is 2.52. The van der Waals surface area contributed by atoms with E-state index < -0.39 is 53.7 Å². The second kappa shape index (κ2) is 15.2. The van der Waals surface area contributed by atoms with Crippen LogP contribution in [0.3, 0.4) is 0 Å². The van der Waals surface area contributed by atoms with Crippen LogP contribution in [0.4, 0.5) is 0 Å². The molecule has 0 aromatic rings. The van der Waals surface area contributed by atoms with Crippen LogP contribution in [0.5, 0.6) is 0 Å². The highest BCUT2D eigenvalue weighted by molar-refractivity contribution is 14.2. The van der Waals surface area contributed by atoms with Crippen LogP contribution in [0.25, 0.3) is 0 Å². The van der Waals surface area contributed by atoms with Gasteiger partial charge in [0.05, 0.1) is 0 Å². The molecular formula is C18H25IO9S3. The maximum Gasteiger partial charge on any atom is 0.303 e. The highest BCUT2D eigenvalue weighted by atomic mass is 127. The first-order valence-electron chi connectivity index (χ1n) is 9.13. The summed E-state index contributed by atoms with van der Waals surface area (Å²) in [5.74, 6) is -0.921. The molecule has 1 heterocycles. The predicted molar refractivity (Wildman–Crippen MR) is 128 cm³/mol. The van der Waals surface area contributed by atoms with Crippen molar-refractivity contribution in [2.24, 2.45) is 0 Å². The summed E-state index contributed by atoms with van der Waals surface area (Å²) in [4.78, 5) is 46.5. The minimum absolute atomic E-state index is 0.230. The van der Waals surface area contributed by atoms with Gasteiger partial charge in [-0.2, -0.15) is 0 Å². The fourth-order valence-corrected chi connectivity index (χ4v) is 5.69. The summed E-state index contributed by atoms with van der Waals surface area (Å²) in [5.41, 5.74) is -0.766. The third kappa shape index (κ3) is 11.2. The van der Waals surface area contributed by atoms with Gasteiger partial charge >= 0.3 is 23.9 Å². The second-order valence-electron chi connectivity index (χ2n) is 6.20. The standard InChI is InChI=1S/C18H25IO9S3/c1-10(20)24-9-14-15(25-11(2)21)16(26-12(3)22)17(27-13(4)23)18(28-14)31-30-8-6-5-7-29-19/h5-6,14-18H,7-9H2,1-4H3/b6-5-. The number of esters is 4. The van der Waals surface area contributed by atoms with Crippen LogP contribution in [-0.2, 0) is 42.9 Å². The van der Waals surface area contributed by atoms with Crippen LogP contribution in [0.1, 0.15) is 27.7 Å². The first-order valence-corrected chi connectivity index (χ1v) is 15.0. The Morgan fingerprint density at radius 1 is 0.839 bits per heavy atom. The largest absolute Gasteiger partial charge is 0.463 e. The van der Waals surface area contributed by atoms with E-state index in [9.17, 15) is 19.2 Å². The second-order valence-corrected chi connectivity index (χ2v) is 11.1. The molecule has 0 aliphatic carbocycles. The molecule has 1 fully saturated rings. The quantitative estimate of drug-likeness (QED) is 0.0858. The lowest BCUT2D eigenvalue weighted by atomic mass is 9.99. The minimum Gasteiger partial charge on any atom is -0.463 e. The van der Waals surface area contributed by atoms with E-state index in [1.54, 1.807) is 8.93 Å². The van der Waals surface area contributed by atoms with E-state index in [1.165, 1.54) is 49.3 Å². The molecule has 0 radical (unpaired) electrons. The summed E-state index contributed by atoms with van der Waals surface area (Å²) in [6, 6.07) is 0. The molecule has 31 heavy (non-hydrogen) atoms. The average molecular weight is 608 g/mol. The Kier molecular flexibility index (Phi) is 14.0. The first-order chi connectivity index (χ1) is 14.6. The van der Waals surface area contributed by atoms with Crippen LogP contribution in [-0.4, -0.2) is 71.8 Å². The van der Waals surface area contributed by atoms with Gasteiger partial charge in [-0.25, -0.2) is 0 Å². The predicted octanol–water partition coefficient (Wildman–Crippen LogP) is 3.09. The summed E-state index contributed by atoms with van der Waals surface area (Å²) in [6.45, 7) is 4.60. The molecular weight excluding hydrogens is 583 g/mol. The fourth-order valence-electron chi connectivity index (χ4n) is 2.58. The zero-order valence-electron chi connectivity index (χ0n) is 17.4. The van der Waals surface area contributed by atoms with Gasteiger partial charge < -0.3 is 23.7 Å². The van der Waals surface area contributed by atoms with Crippen LogP contribution in [0.15, 0.2) is 12.2 Å². The lowest BCUT2D eigenvalue weighted by molar-refractivity contribution is -0.237. The maximum atomic E-state index is 11.8. The molecule has 5 unspecified atom stereocenters. The van der Waals surface area contributed by atoms with Gasteiger partial charge in [0, 0.05) is 39.2 Å².